The van der Waals surface area contributed by atoms with Gasteiger partial charge < -0.3 is 10.0 Å². The summed E-state index contributed by atoms with van der Waals surface area (Å²) in [4.78, 5) is 28.8. The number of hydrogen-bond acceptors (Lipinski definition) is 4. The van der Waals surface area contributed by atoms with E-state index >= 15 is 0 Å². The molecule has 1 rings (SSSR count). The van der Waals surface area contributed by atoms with E-state index in [1.54, 1.807) is 0 Å². The Morgan fingerprint density at radius 2 is 2.00 bits per heavy atom. The smallest absolute Gasteiger partial charge is 0.305 e. The van der Waals surface area contributed by atoms with E-state index in [0.29, 0.717) is 5.82 Å². The lowest BCUT2D eigenvalue weighted by molar-refractivity contribution is -0.137. The Balaban J connectivity index is 2.88. The third kappa shape index (κ3) is 4.32. The van der Waals surface area contributed by atoms with Crippen molar-refractivity contribution in [3.05, 3.63) is 11.6 Å². The van der Waals surface area contributed by atoms with Crippen molar-refractivity contribution in [3.63, 3.8) is 0 Å². The lowest BCUT2D eigenvalue weighted by Gasteiger charge is -2.34. The molecule has 20 heavy (non-hydrogen) atoms. The quantitative estimate of drug-likeness (QED) is 0.823. The third-order valence-corrected chi connectivity index (χ3v) is 2.81. The van der Waals surface area contributed by atoms with E-state index in [4.69, 9.17) is 5.11 Å². The van der Waals surface area contributed by atoms with Gasteiger partial charge in [0.2, 0.25) is 5.82 Å². The van der Waals surface area contributed by atoms with Crippen LogP contribution in [0.25, 0.3) is 0 Å². The predicted octanol–water partition coefficient (Wildman–Crippen LogP) is 1.47. The molecule has 0 atom stereocenters. The fraction of sp³-hybridized carbons (Fsp3) is 0.692. The van der Waals surface area contributed by atoms with Crippen LogP contribution in [-0.2, 0) is 11.2 Å². The lowest BCUT2D eigenvalue weighted by Crippen LogP contribution is -2.47. The summed E-state index contributed by atoms with van der Waals surface area (Å²) < 4.78 is 0. The molecular formula is C13H22N4O3. The molecule has 7 heteroatoms. The Morgan fingerprint density at radius 3 is 2.50 bits per heavy atom. The summed E-state index contributed by atoms with van der Waals surface area (Å²) in [5.74, 6) is -0.525. The molecule has 2 N–H and O–H groups in total. The Kier molecular flexibility index (Phi) is 5.24. The van der Waals surface area contributed by atoms with Crippen LogP contribution in [-0.4, -0.2) is 49.1 Å². The van der Waals surface area contributed by atoms with E-state index in [0.717, 1.165) is 12.8 Å². The largest absolute Gasteiger partial charge is 0.481 e. The lowest BCUT2D eigenvalue weighted by atomic mass is 10.1. The first kappa shape index (κ1) is 16.1. The molecule has 0 aliphatic rings. The maximum absolute atomic E-state index is 12.4. The summed E-state index contributed by atoms with van der Waals surface area (Å²) in [6.45, 7) is 7.71. The molecule has 112 valence electrons. The first-order valence-electron chi connectivity index (χ1n) is 6.70. The number of carboxylic acids is 1. The molecule has 0 aromatic carbocycles. The van der Waals surface area contributed by atoms with Gasteiger partial charge in [-0.25, -0.2) is 4.98 Å². The van der Waals surface area contributed by atoms with Gasteiger partial charge in [-0.2, -0.15) is 0 Å². The fourth-order valence-corrected chi connectivity index (χ4v) is 1.81. The van der Waals surface area contributed by atoms with Gasteiger partial charge in [-0.3, -0.25) is 14.7 Å². The molecule has 0 unspecified atom stereocenters. The van der Waals surface area contributed by atoms with E-state index < -0.39 is 11.5 Å². The van der Waals surface area contributed by atoms with Crippen LogP contribution in [0, 0.1) is 0 Å². The average Bonchev–Trinajstić information content (AvgIpc) is 2.76. The zero-order valence-corrected chi connectivity index (χ0v) is 12.4. The number of carbonyl (C=O) groups is 2. The standard InChI is InChI=1S/C13H22N4O3/c1-5-6-9-14-11(16-15-9)12(20)17(13(2,3)4)8-7-10(18)19/h5-8H2,1-4H3,(H,18,19)(H,14,15,16). The molecule has 7 nitrogen and oxygen atoms in total. The van der Waals surface area contributed by atoms with Gasteiger partial charge in [0, 0.05) is 18.5 Å². The van der Waals surface area contributed by atoms with E-state index in [1.165, 1.54) is 4.90 Å². The number of amides is 1. The zero-order valence-electron chi connectivity index (χ0n) is 12.4. The van der Waals surface area contributed by atoms with Crippen molar-refractivity contribution in [2.75, 3.05) is 6.54 Å². The Morgan fingerprint density at radius 1 is 1.35 bits per heavy atom. The minimum Gasteiger partial charge on any atom is -0.481 e. The Labute approximate surface area is 118 Å². The van der Waals surface area contributed by atoms with Gasteiger partial charge in [0.25, 0.3) is 5.91 Å². The molecule has 0 radical (unpaired) electrons. The van der Waals surface area contributed by atoms with Gasteiger partial charge in [0.1, 0.15) is 5.82 Å². The number of aromatic nitrogens is 3. The summed E-state index contributed by atoms with van der Waals surface area (Å²) in [6.07, 6.45) is 1.53. The van der Waals surface area contributed by atoms with Gasteiger partial charge in [-0.1, -0.05) is 6.92 Å². The van der Waals surface area contributed by atoms with Gasteiger partial charge in [0.05, 0.1) is 6.42 Å². The highest BCUT2D eigenvalue weighted by Crippen LogP contribution is 2.16. The SMILES string of the molecule is CCCc1nc(C(=O)N(CCC(=O)O)C(C)(C)C)n[nH]1. The molecule has 0 aliphatic carbocycles. The molecule has 1 aromatic rings. The van der Waals surface area contributed by atoms with Crippen molar-refractivity contribution in [2.45, 2.75) is 52.5 Å². The van der Waals surface area contributed by atoms with Crippen LogP contribution in [0.2, 0.25) is 0 Å². The molecule has 0 saturated carbocycles. The molecular weight excluding hydrogens is 260 g/mol. The van der Waals surface area contributed by atoms with E-state index in [-0.39, 0.29) is 24.7 Å². The maximum Gasteiger partial charge on any atom is 0.305 e. The normalized spacial score (nSPS) is 11.4. The number of rotatable bonds is 6. The van der Waals surface area contributed by atoms with Crippen LogP contribution in [0.4, 0.5) is 0 Å². The number of hydrogen-bond donors (Lipinski definition) is 2. The number of H-pyrrole nitrogens is 1. The molecule has 0 spiro atoms. The first-order valence-corrected chi connectivity index (χ1v) is 6.70. The summed E-state index contributed by atoms with van der Waals surface area (Å²) in [5, 5.41) is 15.4. The van der Waals surface area contributed by atoms with Crippen LogP contribution in [0.1, 0.15) is 57.0 Å². The summed E-state index contributed by atoms with van der Waals surface area (Å²) in [5.41, 5.74) is -0.488. The van der Waals surface area contributed by atoms with Crippen LogP contribution in [0.3, 0.4) is 0 Å². The van der Waals surface area contributed by atoms with Crippen molar-refractivity contribution in [2.24, 2.45) is 0 Å². The number of nitrogens with zero attached hydrogens (tertiary/aromatic N) is 3. The molecule has 0 fully saturated rings. The van der Waals surface area contributed by atoms with Gasteiger partial charge >= 0.3 is 5.97 Å². The average molecular weight is 282 g/mol. The minimum absolute atomic E-state index is 0.0914. The van der Waals surface area contributed by atoms with Crippen LogP contribution in [0.5, 0.6) is 0 Å². The highest BCUT2D eigenvalue weighted by molar-refractivity contribution is 5.91. The number of aliphatic carboxylic acids is 1. The predicted molar refractivity (Wildman–Crippen MR) is 73.4 cm³/mol. The third-order valence-electron chi connectivity index (χ3n) is 2.81. The number of nitrogens with one attached hydrogen (secondary N) is 1. The fourth-order valence-electron chi connectivity index (χ4n) is 1.81. The summed E-state index contributed by atoms with van der Waals surface area (Å²) in [6, 6.07) is 0. The molecule has 1 aromatic heterocycles. The Bertz CT molecular complexity index is 476. The van der Waals surface area contributed by atoms with E-state index in [1.807, 2.05) is 27.7 Å². The van der Waals surface area contributed by atoms with Crippen LogP contribution in [0.15, 0.2) is 0 Å². The second-order valence-corrected chi connectivity index (χ2v) is 5.63. The monoisotopic (exact) mass is 282 g/mol. The maximum atomic E-state index is 12.4. The number of carboxylic acid groups (broad SMARTS) is 1. The Hall–Kier alpha value is -1.92. The number of aromatic amines is 1. The van der Waals surface area contributed by atoms with Crippen molar-refractivity contribution < 1.29 is 14.7 Å². The molecule has 1 heterocycles. The number of aryl methyl sites for hydroxylation is 1. The van der Waals surface area contributed by atoms with Crippen LogP contribution < -0.4 is 0 Å². The van der Waals surface area contributed by atoms with Gasteiger partial charge in [-0.05, 0) is 27.2 Å². The van der Waals surface area contributed by atoms with Crippen molar-refractivity contribution in [3.8, 4) is 0 Å². The topological polar surface area (TPSA) is 99.2 Å². The highest BCUT2D eigenvalue weighted by Gasteiger charge is 2.30. The zero-order chi connectivity index (χ0) is 15.3. The molecule has 1 amide bonds. The number of carbonyl (C=O) groups excluding carboxylic acids is 1. The molecule has 0 aliphatic heterocycles. The van der Waals surface area contributed by atoms with E-state index in [9.17, 15) is 9.59 Å². The van der Waals surface area contributed by atoms with Crippen LogP contribution >= 0.6 is 0 Å². The van der Waals surface area contributed by atoms with Crippen molar-refractivity contribution in [1.29, 1.82) is 0 Å². The van der Waals surface area contributed by atoms with E-state index in [2.05, 4.69) is 15.2 Å². The van der Waals surface area contributed by atoms with Gasteiger partial charge in [-0.15, -0.1) is 5.10 Å². The summed E-state index contributed by atoms with van der Waals surface area (Å²) in [7, 11) is 0. The first-order chi connectivity index (χ1) is 9.25. The van der Waals surface area contributed by atoms with Crippen molar-refractivity contribution >= 4 is 11.9 Å². The van der Waals surface area contributed by atoms with Gasteiger partial charge in [0.15, 0.2) is 0 Å². The van der Waals surface area contributed by atoms with Crippen molar-refractivity contribution in [1.82, 2.24) is 20.1 Å². The second-order valence-electron chi connectivity index (χ2n) is 5.63. The highest BCUT2D eigenvalue weighted by atomic mass is 16.4. The molecule has 0 saturated heterocycles. The minimum atomic E-state index is -0.936. The second kappa shape index (κ2) is 6.49. The summed E-state index contributed by atoms with van der Waals surface area (Å²) >= 11 is 0. The molecule has 0 bridgehead atoms.